The average molecular weight is 342 g/mol. The van der Waals surface area contributed by atoms with E-state index in [0.29, 0.717) is 12.8 Å². The second kappa shape index (κ2) is 8.73. The highest BCUT2D eigenvalue weighted by Gasteiger charge is 2.32. The Morgan fingerprint density at radius 3 is 2.29 bits per heavy atom. The number of halogens is 2. The first-order valence-electron chi connectivity index (χ1n) is 7.82. The normalized spacial score (nSPS) is 16.2. The summed E-state index contributed by atoms with van der Waals surface area (Å²) < 4.78 is 26.7. The van der Waals surface area contributed by atoms with Crippen molar-refractivity contribution in [1.29, 1.82) is 0 Å². The van der Waals surface area contributed by atoms with Crippen molar-refractivity contribution < 1.29 is 23.5 Å². The predicted molar refractivity (Wildman–Crippen MR) is 86.0 cm³/mol. The number of benzene rings is 1. The third-order valence-corrected chi connectivity index (χ3v) is 4.11. The third kappa shape index (κ3) is 6.62. The molecule has 1 aromatic rings. The molecule has 0 saturated carbocycles. The summed E-state index contributed by atoms with van der Waals surface area (Å²) in [6, 6.07) is 5.91. The molecule has 0 saturated heterocycles. The summed E-state index contributed by atoms with van der Waals surface area (Å²) in [6.07, 6.45) is -0.0788. The molecule has 1 rings (SSSR count). The Bertz CT molecular complexity index is 561. The van der Waals surface area contributed by atoms with E-state index in [9.17, 15) is 23.5 Å². The first-order valence-corrected chi connectivity index (χ1v) is 7.82. The van der Waals surface area contributed by atoms with Gasteiger partial charge >= 0.3 is 0 Å². The summed E-state index contributed by atoms with van der Waals surface area (Å²) in [5.74, 6) is -2.84. The molecule has 0 heterocycles. The monoisotopic (exact) mass is 342 g/mol. The highest BCUT2D eigenvalue weighted by molar-refractivity contribution is 5.83. The van der Waals surface area contributed by atoms with Gasteiger partial charge in [0.25, 0.3) is 5.91 Å². The van der Waals surface area contributed by atoms with Crippen LogP contribution in [0.2, 0.25) is 0 Å². The maximum atomic E-state index is 13.9. The molecule has 1 aromatic carbocycles. The smallest absolute Gasteiger partial charge is 0.254 e. The zero-order valence-corrected chi connectivity index (χ0v) is 13.7. The van der Waals surface area contributed by atoms with E-state index >= 15 is 0 Å². The van der Waals surface area contributed by atoms with Gasteiger partial charge in [-0.2, -0.15) is 0 Å². The summed E-state index contributed by atoms with van der Waals surface area (Å²) in [4.78, 5) is 22.4. The van der Waals surface area contributed by atoms with Gasteiger partial charge < -0.3 is 16.6 Å². The van der Waals surface area contributed by atoms with Crippen LogP contribution >= 0.6 is 0 Å². The second-order valence-corrected chi connectivity index (χ2v) is 6.25. The summed E-state index contributed by atoms with van der Waals surface area (Å²) in [5, 5.41) is 10.1. The van der Waals surface area contributed by atoms with E-state index in [4.69, 9.17) is 11.5 Å². The lowest BCUT2D eigenvalue weighted by Gasteiger charge is -2.21. The van der Waals surface area contributed by atoms with Gasteiger partial charge in [-0.15, -0.1) is 0 Å². The minimum Gasteiger partial charge on any atom is -0.393 e. The van der Waals surface area contributed by atoms with E-state index in [2.05, 4.69) is 0 Å². The van der Waals surface area contributed by atoms with Gasteiger partial charge in [-0.25, -0.2) is 8.78 Å². The molecule has 3 atom stereocenters. The molecule has 0 aliphatic heterocycles. The zero-order valence-electron chi connectivity index (χ0n) is 13.7. The van der Waals surface area contributed by atoms with Crippen LogP contribution in [0.1, 0.15) is 38.2 Å². The molecule has 24 heavy (non-hydrogen) atoms. The number of carbonyl (C=O) groups is 2. The van der Waals surface area contributed by atoms with Crippen molar-refractivity contribution in [2.24, 2.45) is 17.4 Å². The standard InChI is InChI=1S/C17H24F2N2O3/c1-17(19,16(21)24)9-8-12(15(20)23)10-14(22)7-4-11-2-5-13(18)6-3-11/h2-3,5-6,12,14,22H,4,7-10H2,1H3,(H2,20,23)(H2,21,24). The first kappa shape index (κ1) is 20.0. The van der Waals surface area contributed by atoms with Crippen LogP contribution in [0.4, 0.5) is 8.78 Å². The lowest BCUT2D eigenvalue weighted by atomic mass is 9.89. The van der Waals surface area contributed by atoms with Crippen LogP contribution < -0.4 is 11.5 Å². The van der Waals surface area contributed by atoms with Gasteiger partial charge in [-0.3, -0.25) is 9.59 Å². The number of aliphatic hydroxyl groups excluding tert-OH is 1. The SMILES string of the molecule is CC(F)(CCC(CC(O)CCc1ccc(F)cc1)C(N)=O)C(N)=O. The van der Waals surface area contributed by atoms with Crippen LogP contribution in [0.25, 0.3) is 0 Å². The third-order valence-electron chi connectivity index (χ3n) is 4.11. The molecule has 0 radical (unpaired) electrons. The number of primary amides is 2. The van der Waals surface area contributed by atoms with Gasteiger partial charge in [0, 0.05) is 5.92 Å². The second-order valence-electron chi connectivity index (χ2n) is 6.25. The van der Waals surface area contributed by atoms with Crippen LogP contribution in [0, 0.1) is 11.7 Å². The number of carbonyl (C=O) groups excluding carboxylic acids is 2. The van der Waals surface area contributed by atoms with Gasteiger partial charge in [-0.1, -0.05) is 12.1 Å². The first-order chi connectivity index (χ1) is 11.1. The minimum absolute atomic E-state index is 0.0267. The van der Waals surface area contributed by atoms with Crippen LogP contribution in [-0.4, -0.2) is 28.7 Å². The quantitative estimate of drug-likeness (QED) is 0.601. The van der Waals surface area contributed by atoms with Crippen LogP contribution in [0.5, 0.6) is 0 Å². The van der Waals surface area contributed by atoms with E-state index in [1.54, 1.807) is 12.1 Å². The van der Waals surface area contributed by atoms with Crippen molar-refractivity contribution in [3.63, 3.8) is 0 Å². The van der Waals surface area contributed by atoms with E-state index in [1.165, 1.54) is 12.1 Å². The summed E-state index contributed by atoms with van der Waals surface area (Å²) >= 11 is 0. The van der Waals surface area contributed by atoms with Crippen LogP contribution in [0.3, 0.4) is 0 Å². The van der Waals surface area contributed by atoms with Crippen molar-refractivity contribution in [3.05, 3.63) is 35.6 Å². The molecular weight excluding hydrogens is 318 g/mol. The van der Waals surface area contributed by atoms with Crippen molar-refractivity contribution >= 4 is 11.8 Å². The van der Waals surface area contributed by atoms with E-state index in [1.807, 2.05) is 0 Å². The molecule has 0 fully saturated rings. The predicted octanol–water partition coefficient (Wildman–Crippen LogP) is 1.60. The highest BCUT2D eigenvalue weighted by atomic mass is 19.1. The Morgan fingerprint density at radius 2 is 1.79 bits per heavy atom. The Kier molecular flexibility index (Phi) is 7.28. The number of hydrogen-bond donors (Lipinski definition) is 3. The zero-order chi connectivity index (χ0) is 18.3. The fraction of sp³-hybridized carbons (Fsp3) is 0.529. The average Bonchev–Trinajstić information content (AvgIpc) is 2.50. The van der Waals surface area contributed by atoms with Gasteiger partial charge in [-0.05, 0) is 56.7 Å². The Morgan fingerprint density at radius 1 is 1.21 bits per heavy atom. The van der Waals surface area contributed by atoms with E-state index < -0.39 is 29.5 Å². The maximum Gasteiger partial charge on any atom is 0.254 e. The van der Waals surface area contributed by atoms with Crippen LogP contribution in [-0.2, 0) is 16.0 Å². The van der Waals surface area contributed by atoms with Crippen molar-refractivity contribution in [2.45, 2.75) is 50.8 Å². The largest absolute Gasteiger partial charge is 0.393 e. The molecule has 5 nitrogen and oxygen atoms in total. The molecular formula is C17H24F2N2O3. The fourth-order valence-corrected chi connectivity index (χ4v) is 2.38. The van der Waals surface area contributed by atoms with Gasteiger partial charge in [0.2, 0.25) is 5.91 Å². The topological polar surface area (TPSA) is 106 Å². The van der Waals surface area contributed by atoms with E-state index in [-0.39, 0.29) is 25.1 Å². The molecule has 0 aliphatic carbocycles. The fourth-order valence-electron chi connectivity index (χ4n) is 2.38. The summed E-state index contributed by atoms with van der Waals surface area (Å²) in [6.45, 7) is 1.05. The molecule has 134 valence electrons. The number of amides is 2. The van der Waals surface area contributed by atoms with Gasteiger partial charge in [0.05, 0.1) is 6.10 Å². The highest BCUT2D eigenvalue weighted by Crippen LogP contribution is 2.24. The Labute approximate surface area is 140 Å². The van der Waals surface area contributed by atoms with Crippen molar-refractivity contribution in [1.82, 2.24) is 0 Å². The molecule has 7 heteroatoms. The number of aryl methyl sites for hydroxylation is 1. The number of aliphatic hydroxyl groups is 1. The van der Waals surface area contributed by atoms with Gasteiger partial charge in [0.15, 0.2) is 5.67 Å². The molecule has 0 spiro atoms. The molecule has 2 amide bonds. The number of alkyl halides is 1. The Balaban J connectivity index is 2.50. The molecule has 0 bridgehead atoms. The van der Waals surface area contributed by atoms with E-state index in [0.717, 1.165) is 12.5 Å². The minimum atomic E-state index is -2.22. The Hall–Kier alpha value is -2.02. The van der Waals surface area contributed by atoms with Gasteiger partial charge in [0.1, 0.15) is 5.82 Å². The molecule has 3 unspecified atom stereocenters. The lowest BCUT2D eigenvalue weighted by molar-refractivity contribution is -0.130. The molecule has 0 aromatic heterocycles. The number of nitrogens with two attached hydrogens (primary N) is 2. The maximum absolute atomic E-state index is 13.9. The van der Waals surface area contributed by atoms with Crippen LogP contribution in [0.15, 0.2) is 24.3 Å². The van der Waals surface area contributed by atoms with Crippen molar-refractivity contribution in [2.75, 3.05) is 0 Å². The molecule has 5 N–H and O–H groups in total. The lowest BCUT2D eigenvalue weighted by Crippen LogP contribution is -2.38. The number of hydrogen-bond acceptors (Lipinski definition) is 3. The molecule has 0 aliphatic rings. The van der Waals surface area contributed by atoms with Crippen molar-refractivity contribution in [3.8, 4) is 0 Å². The number of rotatable bonds is 10. The summed E-state index contributed by atoms with van der Waals surface area (Å²) in [7, 11) is 0. The summed E-state index contributed by atoms with van der Waals surface area (Å²) in [5.41, 5.74) is 8.88.